The Balaban J connectivity index is 1.91. The molecule has 1 aliphatic rings. The molecule has 12 heavy (non-hydrogen) atoms. The zero-order valence-corrected chi connectivity index (χ0v) is 6.69. The fourth-order valence-electron chi connectivity index (χ4n) is 0.913. The Labute approximate surface area is 70.2 Å². The van der Waals surface area contributed by atoms with Crippen molar-refractivity contribution in [2.45, 2.75) is 12.7 Å². The number of carboxylic acids is 1. The van der Waals surface area contributed by atoms with Gasteiger partial charge >= 0.3 is 5.97 Å². The van der Waals surface area contributed by atoms with E-state index in [2.05, 4.69) is 0 Å². The van der Waals surface area contributed by atoms with Crippen molar-refractivity contribution >= 4 is 5.97 Å². The molecular formula is C7H12O5. The van der Waals surface area contributed by atoms with Crippen molar-refractivity contribution in [3.63, 3.8) is 0 Å². The van der Waals surface area contributed by atoms with Crippen molar-refractivity contribution in [1.29, 1.82) is 0 Å². The molecule has 0 aliphatic carbocycles. The van der Waals surface area contributed by atoms with Gasteiger partial charge in [-0.25, -0.2) is 4.79 Å². The molecule has 1 saturated heterocycles. The highest BCUT2D eigenvalue weighted by Crippen LogP contribution is 2.07. The normalized spacial score (nSPS) is 18.3. The molecule has 1 heterocycles. The monoisotopic (exact) mass is 176 g/mol. The molecular weight excluding hydrogens is 164 g/mol. The average Bonchev–Trinajstić information content (AvgIpc) is 2.49. The van der Waals surface area contributed by atoms with Crippen molar-refractivity contribution in [1.82, 2.24) is 0 Å². The van der Waals surface area contributed by atoms with Crippen LogP contribution < -0.4 is 0 Å². The van der Waals surface area contributed by atoms with Gasteiger partial charge in [0.1, 0.15) is 6.61 Å². The minimum Gasteiger partial charge on any atom is -0.480 e. The van der Waals surface area contributed by atoms with Gasteiger partial charge < -0.3 is 19.3 Å². The van der Waals surface area contributed by atoms with E-state index in [-0.39, 0.29) is 12.9 Å². The molecule has 0 aromatic carbocycles. The third kappa shape index (κ3) is 3.66. The first-order valence-corrected chi connectivity index (χ1v) is 3.82. The van der Waals surface area contributed by atoms with Crippen LogP contribution in [-0.4, -0.2) is 43.8 Å². The molecule has 5 heteroatoms. The summed E-state index contributed by atoms with van der Waals surface area (Å²) >= 11 is 0. The lowest BCUT2D eigenvalue weighted by Gasteiger charge is -2.07. The topological polar surface area (TPSA) is 65.0 Å². The van der Waals surface area contributed by atoms with Crippen molar-refractivity contribution in [3.05, 3.63) is 0 Å². The second kappa shape index (κ2) is 5.08. The highest BCUT2D eigenvalue weighted by molar-refractivity contribution is 5.67. The molecule has 0 unspecified atom stereocenters. The number of aliphatic carboxylic acids is 1. The smallest absolute Gasteiger partial charge is 0.329 e. The molecule has 70 valence electrons. The van der Waals surface area contributed by atoms with Crippen LogP contribution in [0.5, 0.6) is 0 Å². The summed E-state index contributed by atoms with van der Waals surface area (Å²) < 4.78 is 15.0. The first-order valence-electron chi connectivity index (χ1n) is 3.82. The van der Waals surface area contributed by atoms with Gasteiger partial charge in [0.2, 0.25) is 0 Å². The van der Waals surface area contributed by atoms with Crippen molar-refractivity contribution in [2.24, 2.45) is 0 Å². The number of hydrogen-bond donors (Lipinski definition) is 1. The van der Waals surface area contributed by atoms with Gasteiger partial charge in [0.25, 0.3) is 0 Å². The highest BCUT2D eigenvalue weighted by atomic mass is 16.7. The Hall–Kier alpha value is -0.650. The van der Waals surface area contributed by atoms with Gasteiger partial charge in [0, 0.05) is 6.42 Å². The Kier molecular flexibility index (Phi) is 3.99. The summed E-state index contributed by atoms with van der Waals surface area (Å²) in [6.07, 6.45) is 0.381. The maximum atomic E-state index is 10.0. The van der Waals surface area contributed by atoms with Gasteiger partial charge in [-0.3, -0.25) is 0 Å². The standard InChI is InChI=1S/C7H12O5/c8-6(9)5-10-2-1-7-11-3-4-12-7/h7H,1-5H2,(H,8,9). The SMILES string of the molecule is O=C(O)COCCC1OCCO1. The largest absolute Gasteiger partial charge is 0.480 e. The summed E-state index contributed by atoms with van der Waals surface area (Å²) in [7, 11) is 0. The van der Waals surface area contributed by atoms with E-state index in [4.69, 9.17) is 19.3 Å². The lowest BCUT2D eigenvalue weighted by Crippen LogP contribution is -2.14. The third-order valence-electron chi connectivity index (χ3n) is 1.41. The molecule has 0 aromatic heterocycles. The van der Waals surface area contributed by atoms with Gasteiger partial charge in [-0.2, -0.15) is 0 Å². The van der Waals surface area contributed by atoms with Crippen LogP contribution in [0.15, 0.2) is 0 Å². The second-order valence-electron chi connectivity index (χ2n) is 2.41. The molecule has 1 N–H and O–H groups in total. The number of ether oxygens (including phenoxy) is 3. The van der Waals surface area contributed by atoms with Crippen LogP contribution in [0.25, 0.3) is 0 Å². The molecule has 1 aliphatic heterocycles. The summed E-state index contributed by atoms with van der Waals surface area (Å²) in [6.45, 7) is 1.33. The maximum Gasteiger partial charge on any atom is 0.329 e. The summed E-state index contributed by atoms with van der Waals surface area (Å²) in [5.41, 5.74) is 0. The summed E-state index contributed by atoms with van der Waals surface area (Å²) in [5, 5.41) is 8.22. The minimum atomic E-state index is -0.955. The third-order valence-corrected chi connectivity index (χ3v) is 1.41. The summed E-state index contributed by atoms with van der Waals surface area (Å²) in [6, 6.07) is 0. The Bertz CT molecular complexity index is 141. The molecule has 0 bridgehead atoms. The fraction of sp³-hybridized carbons (Fsp3) is 0.857. The number of carbonyl (C=O) groups is 1. The molecule has 5 nitrogen and oxygen atoms in total. The van der Waals surface area contributed by atoms with Crippen LogP contribution in [-0.2, 0) is 19.0 Å². The minimum absolute atomic E-state index is 0.209. The van der Waals surface area contributed by atoms with Gasteiger partial charge in [-0.05, 0) is 0 Å². The van der Waals surface area contributed by atoms with Crippen LogP contribution >= 0.6 is 0 Å². The Morgan fingerprint density at radius 3 is 2.75 bits per heavy atom. The zero-order valence-electron chi connectivity index (χ0n) is 6.69. The van der Waals surface area contributed by atoms with Crippen LogP contribution in [0.2, 0.25) is 0 Å². The highest BCUT2D eigenvalue weighted by Gasteiger charge is 2.15. The average molecular weight is 176 g/mol. The van der Waals surface area contributed by atoms with E-state index in [0.29, 0.717) is 26.2 Å². The van der Waals surface area contributed by atoms with Gasteiger partial charge in [-0.15, -0.1) is 0 Å². The zero-order chi connectivity index (χ0) is 8.81. The van der Waals surface area contributed by atoms with E-state index in [1.54, 1.807) is 0 Å². The van der Waals surface area contributed by atoms with Gasteiger partial charge in [-0.1, -0.05) is 0 Å². The van der Waals surface area contributed by atoms with E-state index >= 15 is 0 Å². The number of hydrogen-bond acceptors (Lipinski definition) is 4. The Morgan fingerprint density at radius 2 is 2.17 bits per heavy atom. The lowest BCUT2D eigenvalue weighted by atomic mass is 10.4. The summed E-state index contributed by atoms with van der Waals surface area (Å²) in [4.78, 5) is 10.0. The van der Waals surface area contributed by atoms with Crippen LogP contribution in [0.4, 0.5) is 0 Å². The predicted molar refractivity (Wildman–Crippen MR) is 38.8 cm³/mol. The van der Waals surface area contributed by atoms with Crippen LogP contribution in [0.1, 0.15) is 6.42 Å². The molecule has 0 aromatic rings. The van der Waals surface area contributed by atoms with E-state index in [1.807, 2.05) is 0 Å². The predicted octanol–water partition coefficient (Wildman–Crippen LogP) is -0.149. The fourth-order valence-corrected chi connectivity index (χ4v) is 0.913. The molecule has 1 fully saturated rings. The van der Waals surface area contributed by atoms with Crippen LogP contribution in [0.3, 0.4) is 0 Å². The van der Waals surface area contributed by atoms with Crippen LogP contribution in [0, 0.1) is 0 Å². The molecule has 0 saturated carbocycles. The number of rotatable bonds is 5. The van der Waals surface area contributed by atoms with Crippen molar-refractivity contribution in [3.8, 4) is 0 Å². The summed E-state index contributed by atoms with van der Waals surface area (Å²) in [5.74, 6) is -0.955. The second-order valence-corrected chi connectivity index (χ2v) is 2.41. The lowest BCUT2D eigenvalue weighted by molar-refractivity contribution is -0.143. The van der Waals surface area contributed by atoms with Gasteiger partial charge in [0.05, 0.1) is 19.8 Å². The van der Waals surface area contributed by atoms with Gasteiger partial charge in [0.15, 0.2) is 6.29 Å². The maximum absolute atomic E-state index is 10.0. The molecule has 0 spiro atoms. The van der Waals surface area contributed by atoms with E-state index in [9.17, 15) is 4.79 Å². The van der Waals surface area contributed by atoms with E-state index in [0.717, 1.165) is 0 Å². The van der Waals surface area contributed by atoms with E-state index in [1.165, 1.54) is 0 Å². The molecule has 0 amide bonds. The van der Waals surface area contributed by atoms with Crippen molar-refractivity contribution < 1.29 is 24.1 Å². The quantitative estimate of drug-likeness (QED) is 0.590. The Morgan fingerprint density at radius 1 is 1.50 bits per heavy atom. The van der Waals surface area contributed by atoms with E-state index < -0.39 is 5.97 Å². The number of carboxylic acid groups (broad SMARTS) is 1. The first kappa shape index (κ1) is 9.44. The first-order chi connectivity index (χ1) is 5.79. The molecule has 1 rings (SSSR count). The molecule has 0 atom stereocenters. The van der Waals surface area contributed by atoms with Crippen molar-refractivity contribution in [2.75, 3.05) is 26.4 Å². The molecule has 0 radical (unpaired) electrons.